The van der Waals surface area contributed by atoms with Gasteiger partial charge in [-0.15, -0.1) is 0 Å². The van der Waals surface area contributed by atoms with Crippen molar-refractivity contribution in [3.8, 4) is 5.75 Å². The second kappa shape index (κ2) is 8.93. The molecule has 1 fully saturated rings. The van der Waals surface area contributed by atoms with Gasteiger partial charge in [-0.2, -0.15) is 0 Å². The number of halogens is 1. The molecule has 2 aromatic carbocycles. The van der Waals surface area contributed by atoms with Gasteiger partial charge in [-0.25, -0.2) is 4.99 Å². The highest BCUT2D eigenvalue weighted by atomic mass is 35.5. The van der Waals surface area contributed by atoms with Crippen molar-refractivity contribution in [3.63, 3.8) is 0 Å². The molecule has 0 radical (unpaired) electrons. The van der Waals surface area contributed by atoms with Gasteiger partial charge in [-0.05, 0) is 30.3 Å². The molecule has 2 N–H and O–H groups in total. The predicted octanol–water partition coefficient (Wildman–Crippen LogP) is 3.50. The summed E-state index contributed by atoms with van der Waals surface area (Å²) in [5.41, 5.74) is 0.584. The summed E-state index contributed by atoms with van der Waals surface area (Å²) in [7, 11) is 1.39. The Kier molecular flexibility index (Phi) is 6.35. The molecule has 0 unspecified atom stereocenters. The van der Waals surface area contributed by atoms with Gasteiger partial charge >= 0.3 is 0 Å². The normalized spacial score (nSPS) is 17.1. The van der Waals surface area contributed by atoms with Crippen molar-refractivity contribution in [1.82, 2.24) is 5.32 Å². The fourth-order valence-corrected chi connectivity index (χ4v) is 3.62. The van der Waals surface area contributed by atoms with E-state index in [0.717, 1.165) is 11.8 Å². The molecule has 0 bridgehead atoms. The van der Waals surface area contributed by atoms with E-state index in [1.54, 1.807) is 24.3 Å². The third-order valence-electron chi connectivity index (χ3n) is 3.87. The fourth-order valence-electron chi connectivity index (χ4n) is 2.50. The molecule has 1 aliphatic heterocycles. The molecule has 0 aliphatic carbocycles. The summed E-state index contributed by atoms with van der Waals surface area (Å²) < 4.78 is 5.11. The summed E-state index contributed by atoms with van der Waals surface area (Å²) in [6.45, 7) is 0. The Hall–Kier alpha value is -3.11. The first-order chi connectivity index (χ1) is 13.9. The summed E-state index contributed by atoms with van der Waals surface area (Å²) >= 11 is 6.96. The average Bonchev–Trinajstić information content (AvgIpc) is 3.02. The Morgan fingerprint density at radius 2 is 2.07 bits per heavy atom. The highest BCUT2D eigenvalue weighted by Crippen LogP contribution is 2.30. The fraction of sp³-hybridized carbons (Fsp3) is 0.167. The number of non-ortho nitro benzene ring substituents is 1. The van der Waals surface area contributed by atoms with Gasteiger partial charge in [0.1, 0.15) is 11.0 Å². The van der Waals surface area contributed by atoms with Crippen molar-refractivity contribution in [2.75, 3.05) is 12.4 Å². The summed E-state index contributed by atoms with van der Waals surface area (Å²) in [6, 6.07) is 10.6. The van der Waals surface area contributed by atoms with Crippen molar-refractivity contribution in [3.05, 3.63) is 57.6 Å². The summed E-state index contributed by atoms with van der Waals surface area (Å²) in [5, 5.41) is 16.4. The molecule has 2 aromatic rings. The van der Waals surface area contributed by atoms with E-state index in [1.165, 1.54) is 25.3 Å². The van der Waals surface area contributed by atoms with Crippen molar-refractivity contribution in [2.45, 2.75) is 11.7 Å². The lowest BCUT2D eigenvalue weighted by Gasteiger charge is -2.11. The molecule has 1 aliphatic rings. The lowest BCUT2D eigenvalue weighted by Crippen LogP contribution is -2.28. The van der Waals surface area contributed by atoms with Crippen LogP contribution < -0.4 is 15.4 Å². The predicted molar refractivity (Wildman–Crippen MR) is 111 cm³/mol. The summed E-state index contributed by atoms with van der Waals surface area (Å²) in [5.74, 6) is -0.550. The number of ether oxygens (including phenoxy) is 1. The van der Waals surface area contributed by atoms with E-state index in [1.807, 2.05) is 0 Å². The van der Waals surface area contributed by atoms with Crippen LogP contribution in [0.25, 0.3) is 0 Å². The van der Waals surface area contributed by atoms with Crippen LogP contribution in [0.15, 0.2) is 47.5 Å². The van der Waals surface area contributed by atoms with Crippen molar-refractivity contribution in [1.29, 1.82) is 0 Å². The Balaban J connectivity index is 1.67. The highest BCUT2D eigenvalue weighted by Gasteiger charge is 2.32. The lowest BCUT2D eigenvalue weighted by atomic mass is 10.2. The molecular weight excluding hydrogens is 420 g/mol. The molecule has 0 spiro atoms. The van der Waals surface area contributed by atoms with Crippen molar-refractivity contribution >= 4 is 57.4 Å². The van der Waals surface area contributed by atoms with Gasteiger partial charge in [-0.1, -0.05) is 23.4 Å². The van der Waals surface area contributed by atoms with E-state index in [-0.39, 0.29) is 29.5 Å². The largest absolute Gasteiger partial charge is 0.495 e. The average molecular weight is 435 g/mol. The van der Waals surface area contributed by atoms with Crippen LogP contribution in [0.1, 0.15) is 6.42 Å². The number of benzene rings is 2. The molecular formula is C18H15ClN4O5S. The SMILES string of the molecule is COc1ccc([N+](=O)[O-])cc1NC(=O)C[C@@H]1SC(=Nc2ccc(Cl)cc2)NC1=O. The minimum Gasteiger partial charge on any atom is -0.495 e. The molecule has 150 valence electrons. The number of nitro groups is 1. The maximum absolute atomic E-state index is 12.4. The minimum atomic E-state index is -0.675. The number of nitrogens with zero attached hydrogens (tertiary/aromatic N) is 2. The molecule has 11 heteroatoms. The second-order valence-corrected chi connectivity index (χ2v) is 7.51. The van der Waals surface area contributed by atoms with Crippen molar-refractivity contribution < 1.29 is 19.2 Å². The smallest absolute Gasteiger partial charge is 0.271 e. The van der Waals surface area contributed by atoms with Crippen LogP contribution >= 0.6 is 23.4 Å². The number of aliphatic imine (C=N–C) groups is 1. The third-order valence-corrected chi connectivity index (χ3v) is 5.21. The first kappa shape index (κ1) is 20.6. The van der Waals surface area contributed by atoms with Crippen LogP contribution in [0.2, 0.25) is 5.02 Å². The molecule has 1 heterocycles. The number of hydrogen-bond donors (Lipinski definition) is 2. The number of rotatable bonds is 6. The third kappa shape index (κ3) is 5.24. The van der Waals surface area contributed by atoms with Gasteiger partial charge in [0.25, 0.3) is 5.69 Å². The number of hydrogen-bond acceptors (Lipinski definition) is 7. The van der Waals surface area contributed by atoms with E-state index < -0.39 is 16.1 Å². The monoisotopic (exact) mass is 434 g/mol. The molecule has 0 saturated carbocycles. The zero-order chi connectivity index (χ0) is 21.0. The van der Waals surface area contributed by atoms with E-state index in [0.29, 0.717) is 15.9 Å². The number of methoxy groups -OCH3 is 1. The number of amides is 2. The first-order valence-corrected chi connectivity index (χ1v) is 9.55. The van der Waals surface area contributed by atoms with Gasteiger partial charge < -0.3 is 15.4 Å². The maximum Gasteiger partial charge on any atom is 0.271 e. The zero-order valence-electron chi connectivity index (χ0n) is 15.0. The highest BCUT2D eigenvalue weighted by molar-refractivity contribution is 8.15. The number of nitro benzene ring substituents is 1. The summed E-state index contributed by atoms with van der Waals surface area (Å²) in [4.78, 5) is 39.2. The molecule has 2 amide bonds. The number of carbonyl (C=O) groups excluding carboxylic acids is 2. The topological polar surface area (TPSA) is 123 Å². The van der Waals surface area contributed by atoms with Crippen LogP contribution in [-0.4, -0.2) is 34.3 Å². The Morgan fingerprint density at radius 1 is 1.34 bits per heavy atom. The van der Waals surface area contributed by atoms with Gasteiger partial charge in [0, 0.05) is 23.6 Å². The maximum atomic E-state index is 12.4. The van der Waals surface area contributed by atoms with E-state index >= 15 is 0 Å². The molecule has 1 saturated heterocycles. The summed E-state index contributed by atoms with van der Waals surface area (Å²) in [6.07, 6.45) is -0.137. The van der Waals surface area contributed by atoms with Gasteiger partial charge in [0.15, 0.2) is 5.17 Å². The molecule has 3 rings (SSSR count). The van der Waals surface area contributed by atoms with E-state index in [4.69, 9.17) is 16.3 Å². The Labute approximate surface area is 174 Å². The number of anilines is 1. The second-order valence-electron chi connectivity index (χ2n) is 5.88. The first-order valence-electron chi connectivity index (χ1n) is 8.30. The zero-order valence-corrected chi connectivity index (χ0v) is 16.6. The van der Waals surface area contributed by atoms with Crippen LogP contribution in [-0.2, 0) is 9.59 Å². The standard InChI is InChI=1S/C18H15ClN4O5S/c1-28-14-7-6-12(23(26)27)8-13(14)21-16(24)9-15-17(25)22-18(29-15)20-11-4-2-10(19)3-5-11/h2-8,15H,9H2,1H3,(H,21,24)(H,20,22,25)/t15-/m0/s1. The molecule has 9 nitrogen and oxygen atoms in total. The number of carbonyl (C=O) groups is 2. The number of nitrogens with one attached hydrogen (secondary N) is 2. The molecule has 0 aromatic heterocycles. The lowest BCUT2D eigenvalue weighted by molar-refractivity contribution is -0.384. The van der Waals surface area contributed by atoms with Gasteiger partial charge in [0.2, 0.25) is 11.8 Å². The molecule has 1 atom stereocenters. The van der Waals surface area contributed by atoms with Crippen LogP contribution in [0.4, 0.5) is 17.1 Å². The Bertz CT molecular complexity index is 996. The van der Waals surface area contributed by atoms with Gasteiger partial charge in [-0.3, -0.25) is 19.7 Å². The van der Waals surface area contributed by atoms with E-state index in [2.05, 4.69) is 15.6 Å². The van der Waals surface area contributed by atoms with Crippen LogP contribution in [0, 0.1) is 10.1 Å². The van der Waals surface area contributed by atoms with Crippen LogP contribution in [0.3, 0.4) is 0 Å². The minimum absolute atomic E-state index is 0.137. The molecule has 29 heavy (non-hydrogen) atoms. The van der Waals surface area contributed by atoms with Crippen LogP contribution in [0.5, 0.6) is 5.75 Å². The van der Waals surface area contributed by atoms with E-state index in [9.17, 15) is 19.7 Å². The number of thioether (sulfide) groups is 1. The quantitative estimate of drug-likeness (QED) is 0.529. The van der Waals surface area contributed by atoms with Gasteiger partial charge in [0.05, 0.1) is 23.4 Å². The van der Waals surface area contributed by atoms with Crippen molar-refractivity contribution in [2.24, 2.45) is 4.99 Å². The number of amidine groups is 1. The Morgan fingerprint density at radius 3 is 2.72 bits per heavy atom.